The lowest BCUT2D eigenvalue weighted by Crippen LogP contribution is -2.23. The van der Waals surface area contributed by atoms with Gasteiger partial charge in [-0.15, -0.1) is 0 Å². The maximum Gasteiger partial charge on any atom is 0.293 e. The van der Waals surface area contributed by atoms with Crippen molar-refractivity contribution in [1.29, 1.82) is 0 Å². The molecule has 0 unspecified atom stereocenters. The number of benzene rings is 1. The molecule has 0 spiro atoms. The molecule has 0 amide bonds. The van der Waals surface area contributed by atoms with E-state index in [-0.39, 0.29) is 5.56 Å². The number of hydrogen-bond donors (Lipinski definition) is 1. The van der Waals surface area contributed by atoms with E-state index in [0.29, 0.717) is 18.4 Å². The number of halogens is 1. The first kappa shape index (κ1) is 12.4. The zero-order chi connectivity index (χ0) is 13.2. The van der Waals surface area contributed by atoms with Crippen LogP contribution in [-0.2, 0) is 6.54 Å². The molecular formula is C14H14BrN3O. The highest BCUT2D eigenvalue weighted by atomic mass is 79.9. The fourth-order valence-electron chi connectivity index (χ4n) is 1.97. The van der Waals surface area contributed by atoms with E-state index in [9.17, 15) is 4.79 Å². The van der Waals surface area contributed by atoms with Crippen molar-refractivity contribution in [3.05, 3.63) is 57.0 Å². The SMILES string of the molecule is O=c1c(NCc2ccc(Br)cc2)nccn1C1CC1. The summed E-state index contributed by atoms with van der Waals surface area (Å²) < 4.78 is 2.82. The zero-order valence-electron chi connectivity index (χ0n) is 10.3. The molecule has 1 aliphatic carbocycles. The Labute approximate surface area is 119 Å². The number of nitrogens with zero attached hydrogens (tertiary/aromatic N) is 2. The van der Waals surface area contributed by atoms with Gasteiger partial charge in [0.1, 0.15) is 0 Å². The van der Waals surface area contributed by atoms with Crippen molar-refractivity contribution in [2.24, 2.45) is 0 Å². The molecule has 1 fully saturated rings. The molecular weight excluding hydrogens is 306 g/mol. The van der Waals surface area contributed by atoms with E-state index >= 15 is 0 Å². The van der Waals surface area contributed by atoms with E-state index < -0.39 is 0 Å². The minimum atomic E-state index is -0.0258. The molecule has 4 nitrogen and oxygen atoms in total. The molecule has 0 bridgehead atoms. The lowest BCUT2D eigenvalue weighted by molar-refractivity contribution is 0.699. The third-order valence-electron chi connectivity index (χ3n) is 3.18. The Morgan fingerprint density at radius 1 is 1.32 bits per heavy atom. The number of nitrogens with one attached hydrogen (secondary N) is 1. The van der Waals surface area contributed by atoms with Crippen molar-refractivity contribution in [2.75, 3.05) is 5.32 Å². The molecule has 1 aliphatic rings. The number of hydrogen-bond acceptors (Lipinski definition) is 3. The Balaban J connectivity index is 1.74. The summed E-state index contributed by atoms with van der Waals surface area (Å²) in [4.78, 5) is 16.3. The summed E-state index contributed by atoms with van der Waals surface area (Å²) in [5.41, 5.74) is 1.09. The van der Waals surface area contributed by atoms with Crippen LogP contribution in [0.15, 0.2) is 45.9 Å². The fraction of sp³-hybridized carbons (Fsp3) is 0.286. The van der Waals surface area contributed by atoms with Crippen molar-refractivity contribution >= 4 is 21.7 Å². The minimum absolute atomic E-state index is 0.0258. The number of anilines is 1. The summed E-state index contributed by atoms with van der Waals surface area (Å²) in [6.07, 6.45) is 5.64. The topological polar surface area (TPSA) is 46.9 Å². The summed E-state index contributed by atoms with van der Waals surface area (Å²) in [5.74, 6) is 0.428. The Morgan fingerprint density at radius 2 is 2.05 bits per heavy atom. The van der Waals surface area contributed by atoms with Gasteiger partial charge in [-0.25, -0.2) is 4.98 Å². The number of aromatic nitrogens is 2. The summed E-state index contributed by atoms with van der Waals surface area (Å²) in [5, 5.41) is 3.11. The summed E-state index contributed by atoms with van der Waals surface area (Å²) >= 11 is 3.40. The van der Waals surface area contributed by atoms with Crippen LogP contribution in [-0.4, -0.2) is 9.55 Å². The average Bonchev–Trinajstić information content (AvgIpc) is 3.24. The van der Waals surface area contributed by atoms with Crippen LogP contribution >= 0.6 is 15.9 Å². The summed E-state index contributed by atoms with van der Waals surface area (Å²) in [6, 6.07) is 8.37. The van der Waals surface area contributed by atoms with Crippen LogP contribution in [0, 0.1) is 0 Å². The maximum absolute atomic E-state index is 12.2. The molecule has 3 rings (SSSR count). The van der Waals surface area contributed by atoms with Gasteiger partial charge in [0.2, 0.25) is 0 Å². The van der Waals surface area contributed by atoms with E-state index in [0.717, 1.165) is 22.9 Å². The van der Waals surface area contributed by atoms with Crippen molar-refractivity contribution in [1.82, 2.24) is 9.55 Å². The van der Waals surface area contributed by atoms with Crippen molar-refractivity contribution in [2.45, 2.75) is 25.4 Å². The van der Waals surface area contributed by atoms with Gasteiger partial charge in [0.05, 0.1) is 0 Å². The van der Waals surface area contributed by atoms with Gasteiger partial charge < -0.3 is 9.88 Å². The Morgan fingerprint density at radius 3 is 2.74 bits per heavy atom. The van der Waals surface area contributed by atoms with Crippen LogP contribution in [0.3, 0.4) is 0 Å². The lowest BCUT2D eigenvalue weighted by Gasteiger charge is -2.08. The Bertz CT molecular complexity index is 632. The van der Waals surface area contributed by atoms with Crippen LogP contribution in [0.1, 0.15) is 24.4 Å². The summed E-state index contributed by atoms with van der Waals surface area (Å²) in [6.45, 7) is 0.601. The smallest absolute Gasteiger partial charge is 0.293 e. The highest BCUT2D eigenvalue weighted by molar-refractivity contribution is 9.10. The Kier molecular flexibility index (Phi) is 3.38. The van der Waals surface area contributed by atoms with Crippen LogP contribution in [0.4, 0.5) is 5.82 Å². The molecule has 1 heterocycles. The highest BCUT2D eigenvalue weighted by Crippen LogP contribution is 2.33. The van der Waals surface area contributed by atoms with Gasteiger partial charge in [-0.1, -0.05) is 28.1 Å². The van der Waals surface area contributed by atoms with Crippen molar-refractivity contribution in [3.8, 4) is 0 Å². The molecule has 5 heteroatoms. The van der Waals surface area contributed by atoms with Gasteiger partial charge in [-0.2, -0.15) is 0 Å². The van der Waals surface area contributed by atoms with Gasteiger partial charge in [0, 0.05) is 29.5 Å². The fourth-order valence-corrected chi connectivity index (χ4v) is 2.24. The molecule has 2 aromatic rings. The van der Waals surface area contributed by atoms with Gasteiger partial charge in [0.15, 0.2) is 5.82 Å². The van der Waals surface area contributed by atoms with Gasteiger partial charge >= 0.3 is 0 Å². The second-order valence-corrected chi connectivity index (χ2v) is 5.62. The molecule has 0 saturated heterocycles. The predicted octanol–water partition coefficient (Wildman–Crippen LogP) is 2.95. The molecule has 98 valence electrons. The molecule has 19 heavy (non-hydrogen) atoms. The van der Waals surface area contributed by atoms with Crippen LogP contribution < -0.4 is 10.9 Å². The first-order valence-corrected chi connectivity index (χ1v) is 7.09. The third kappa shape index (κ3) is 2.87. The van der Waals surface area contributed by atoms with E-state index in [2.05, 4.69) is 26.2 Å². The predicted molar refractivity (Wildman–Crippen MR) is 78.2 cm³/mol. The average molecular weight is 320 g/mol. The first-order valence-electron chi connectivity index (χ1n) is 6.29. The normalized spacial score (nSPS) is 14.4. The van der Waals surface area contributed by atoms with Crippen molar-refractivity contribution in [3.63, 3.8) is 0 Å². The minimum Gasteiger partial charge on any atom is -0.361 e. The van der Waals surface area contributed by atoms with E-state index in [1.807, 2.05) is 24.3 Å². The zero-order valence-corrected chi connectivity index (χ0v) is 11.9. The number of rotatable bonds is 4. The molecule has 1 aromatic heterocycles. The van der Waals surface area contributed by atoms with Gasteiger partial charge in [0.25, 0.3) is 5.56 Å². The molecule has 1 N–H and O–H groups in total. The molecule has 1 aromatic carbocycles. The molecule has 0 aliphatic heterocycles. The molecule has 1 saturated carbocycles. The van der Waals surface area contributed by atoms with Crippen LogP contribution in [0.5, 0.6) is 0 Å². The first-order chi connectivity index (χ1) is 9.24. The summed E-state index contributed by atoms with van der Waals surface area (Å²) in [7, 11) is 0. The second kappa shape index (κ2) is 5.17. The lowest BCUT2D eigenvalue weighted by atomic mass is 10.2. The Hall–Kier alpha value is -1.62. The maximum atomic E-state index is 12.2. The molecule has 0 radical (unpaired) electrons. The second-order valence-electron chi connectivity index (χ2n) is 4.70. The van der Waals surface area contributed by atoms with E-state index in [1.165, 1.54) is 0 Å². The van der Waals surface area contributed by atoms with E-state index in [4.69, 9.17) is 0 Å². The van der Waals surface area contributed by atoms with E-state index in [1.54, 1.807) is 17.0 Å². The van der Waals surface area contributed by atoms with Gasteiger partial charge in [-0.3, -0.25) is 4.79 Å². The third-order valence-corrected chi connectivity index (χ3v) is 3.71. The van der Waals surface area contributed by atoms with Crippen LogP contribution in [0.2, 0.25) is 0 Å². The monoisotopic (exact) mass is 319 g/mol. The van der Waals surface area contributed by atoms with Crippen LogP contribution in [0.25, 0.3) is 0 Å². The quantitative estimate of drug-likeness (QED) is 0.942. The van der Waals surface area contributed by atoms with Gasteiger partial charge in [-0.05, 0) is 30.5 Å². The van der Waals surface area contributed by atoms with Crippen molar-refractivity contribution < 1.29 is 0 Å². The standard InChI is InChI=1S/C14H14BrN3O/c15-11-3-1-10(2-4-11)9-17-13-14(19)18(8-7-16-13)12-5-6-12/h1-4,7-8,12H,5-6,9H2,(H,16,17). The highest BCUT2D eigenvalue weighted by Gasteiger charge is 2.25. The largest absolute Gasteiger partial charge is 0.361 e. The molecule has 0 atom stereocenters.